The first kappa shape index (κ1) is 22.4. The molecule has 6 heteroatoms. The Kier molecular flexibility index (Phi) is 4.91. The minimum atomic E-state index is -1.50. The van der Waals surface area contributed by atoms with Crippen molar-refractivity contribution in [2.24, 2.45) is 5.41 Å². The van der Waals surface area contributed by atoms with Crippen molar-refractivity contribution in [1.82, 2.24) is 0 Å². The standard InChI is InChI=1S/C31H20ClNO3S/c32-20-9-5-8-19(17-20)26-27(28(34)24-13-6-16-37-24)33-23-12-4-1-7-18(23)14-15-25(33)31(26)29(35)21-10-2-3-11-22(21)30(31)36/h1-17,25-27H/t25?,26-,27+/m0/s1. The number of hydrogen-bond donors (Lipinski definition) is 0. The van der Waals surface area contributed by atoms with Crippen molar-refractivity contribution >= 4 is 52.1 Å². The molecule has 3 aliphatic rings. The van der Waals surface area contributed by atoms with E-state index in [9.17, 15) is 14.4 Å². The first-order chi connectivity index (χ1) is 18.0. The quantitative estimate of drug-likeness (QED) is 0.222. The van der Waals surface area contributed by atoms with Crippen LogP contribution in [0.25, 0.3) is 6.08 Å². The monoisotopic (exact) mass is 521 g/mol. The van der Waals surface area contributed by atoms with Crippen LogP contribution in [-0.2, 0) is 0 Å². The summed E-state index contributed by atoms with van der Waals surface area (Å²) < 4.78 is 0. The Morgan fingerprint density at radius 3 is 2.30 bits per heavy atom. The van der Waals surface area contributed by atoms with Crippen molar-refractivity contribution in [2.75, 3.05) is 4.90 Å². The van der Waals surface area contributed by atoms with Crippen molar-refractivity contribution in [3.05, 3.63) is 129 Å². The van der Waals surface area contributed by atoms with Crippen LogP contribution in [0.1, 0.15) is 47.4 Å². The van der Waals surface area contributed by atoms with Gasteiger partial charge in [-0.3, -0.25) is 14.4 Å². The van der Waals surface area contributed by atoms with Gasteiger partial charge in [0.1, 0.15) is 11.5 Å². The Balaban J connectivity index is 1.57. The lowest BCUT2D eigenvalue weighted by atomic mass is 9.64. The summed E-state index contributed by atoms with van der Waals surface area (Å²) in [5.74, 6) is -1.32. The highest BCUT2D eigenvalue weighted by Crippen LogP contribution is 2.61. The lowest BCUT2D eigenvalue weighted by Crippen LogP contribution is -2.48. The van der Waals surface area contributed by atoms with E-state index in [1.165, 1.54) is 11.3 Å². The molecule has 3 heterocycles. The molecule has 4 aromatic rings. The lowest BCUT2D eigenvalue weighted by molar-refractivity contribution is 0.0666. The van der Waals surface area contributed by atoms with Crippen LogP contribution in [0.15, 0.2) is 96.4 Å². The van der Waals surface area contributed by atoms with Crippen LogP contribution in [-0.4, -0.2) is 29.4 Å². The molecule has 3 aromatic carbocycles. The normalized spacial score (nSPS) is 22.7. The molecule has 37 heavy (non-hydrogen) atoms. The molecule has 0 bridgehead atoms. The maximum atomic E-state index is 14.5. The number of carbonyl (C=O) groups excluding carboxylic acids is 3. The largest absolute Gasteiger partial charge is 0.352 e. The van der Waals surface area contributed by atoms with Gasteiger partial charge in [-0.25, -0.2) is 0 Å². The van der Waals surface area contributed by atoms with Gasteiger partial charge in [0.2, 0.25) is 0 Å². The van der Waals surface area contributed by atoms with E-state index < -0.39 is 23.4 Å². The summed E-state index contributed by atoms with van der Waals surface area (Å²) in [5.41, 5.74) is 1.81. The smallest absolute Gasteiger partial charge is 0.195 e. The van der Waals surface area contributed by atoms with Gasteiger partial charge in [-0.1, -0.05) is 84.4 Å². The number of Topliss-reactive ketones (excluding diaryl/α,β-unsaturated/α-hetero) is 3. The van der Waals surface area contributed by atoms with Crippen molar-refractivity contribution in [1.29, 1.82) is 0 Å². The molecule has 1 unspecified atom stereocenters. The second-order valence-corrected chi connectivity index (χ2v) is 11.0. The van der Waals surface area contributed by atoms with Crippen LogP contribution < -0.4 is 4.90 Å². The zero-order valence-electron chi connectivity index (χ0n) is 19.5. The van der Waals surface area contributed by atoms with Gasteiger partial charge in [-0.15, -0.1) is 11.3 Å². The molecule has 1 spiro atoms. The van der Waals surface area contributed by atoms with Crippen LogP contribution in [0.3, 0.4) is 0 Å². The van der Waals surface area contributed by atoms with Crippen LogP contribution in [0.5, 0.6) is 0 Å². The predicted molar refractivity (Wildman–Crippen MR) is 146 cm³/mol. The van der Waals surface area contributed by atoms with Crippen LogP contribution in [0, 0.1) is 5.41 Å². The van der Waals surface area contributed by atoms with Crippen molar-refractivity contribution < 1.29 is 14.4 Å². The number of fused-ring (bicyclic) bond motifs is 5. The predicted octanol–water partition coefficient (Wildman–Crippen LogP) is 6.72. The summed E-state index contributed by atoms with van der Waals surface area (Å²) in [6, 6.07) is 24.3. The van der Waals surface area contributed by atoms with Crippen LogP contribution in [0.4, 0.5) is 5.69 Å². The maximum absolute atomic E-state index is 14.5. The lowest BCUT2D eigenvalue weighted by Gasteiger charge is -2.37. The Hall–Kier alpha value is -3.80. The topological polar surface area (TPSA) is 54.5 Å². The number of benzene rings is 3. The van der Waals surface area contributed by atoms with Crippen LogP contribution in [0.2, 0.25) is 5.02 Å². The molecule has 0 amide bonds. The first-order valence-corrected chi connectivity index (χ1v) is 13.4. The summed E-state index contributed by atoms with van der Waals surface area (Å²) in [4.78, 5) is 46.0. The fourth-order valence-electron chi connectivity index (χ4n) is 6.56. The summed E-state index contributed by atoms with van der Waals surface area (Å²) >= 11 is 7.83. The number of carbonyl (C=O) groups is 3. The van der Waals surface area contributed by atoms with E-state index in [2.05, 4.69) is 0 Å². The molecule has 3 atom stereocenters. The minimum Gasteiger partial charge on any atom is -0.352 e. The average molecular weight is 522 g/mol. The highest BCUT2D eigenvalue weighted by atomic mass is 35.5. The van der Waals surface area contributed by atoms with E-state index >= 15 is 0 Å². The van der Waals surface area contributed by atoms with E-state index in [1.54, 1.807) is 42.5 Å². The SMILES string of the molecule is O=C(c1cccs1)[C@H]1[C@H](c2cccc(Cl)c2)C2(C(=O)c3ccccc3C2=O)C2C=Cc3ccccc3N21. The number of anilines is 1. The van der Waals surface area contributed by atoms with Gasteiger partial charge in [0.15, 0.2) is 17.3 Å². The molecule has 1 saturated heterocycles. The molecule has 1 fully saturated rings. The molecule has 1 aromatic heterocycles. The van der Waals surface area contributed by atoms with Crippen molar-refractivity contribution in [3.8, 4) is 0 Å². The summed E-state index contributed by atoms with van der Waals surface area (Å²) in [5, 5.41) is 2.36. The second-order valence-electron chi connectivity index (χ2n) is 9.66. The molecule has 1 aliphatic carbocycles. The molecule has 0 radical (unpaired) electrons. The van der Waals surface area contributed by atoms with Gasteiger partial charge in [0.25, 0.3) is 0 Å². The van der Waals surface area contributed by atoms with Gasteiger partial charge in [0.05, 0.1) is 10.9 Å². The van der Waals surface area contributed by atoms with E-state index in [0.29, 0.717) is 26.6 Å². The third kappa shape index (κ3) is 2.93. The molecule has 0 N–H and O–H groups in total. The molecule has 0 saturated carbocycles. The molecular formula is C31H20ClNO3S. The fourth-order valence-corrected chi connectivity index (χ4v) is 7.45. The van der Waals surface area contributed by atoms with Crippen LogP contribution >= 0.6 is 22.9 Å². The van der Waals surface area contributed by atoms with E-state index in [4.69, 9.17) is 11.6 Å². The van der Waals surface area contributed by atoms with Gasteiger partial charge < -0.3 is 4.90 Å². The number of para-hydroxylation sites is 1. The van der Waals surface area contributed by atoms with Gasteiger partial charge >= 0.3 is 0 Å². The number of rotatable bonds is 3. The van der Waals surface area contributed by atoms with E-state index in [-0.39, 0.29) is 17.3 Å². The van der Waals surface area contributed by atoms with E-state index in [1.807, 2.05) is 64.9 Å². The third-order valence-electron chi connectivity index (χ3n) is 7.95. The van der Waals surface area contributed by atoms with Crippen molar-refractivity contribution in [2.45, 2.75) is 18.0 Å². The number of halogens is 1. The Bertz CT molecular complexity index is 1600. The van der Waals surface area contributed by atoms with E-state index in [0.717, 1.165) is 11.3 Å². The Morgan fingerprint density at radius 2 is 1.59 bits per heavy atom. The first-order valence-electron chi connectivity index (χ1n) is 12.1. The van der Waals surface area contributed by atoms with Gasteiger partial charge in [-0.2, -0.15) is 0 Å². The highest BCUT2D eigenvalue weighted by molar-refractivity contribution is 7.12. The maximum Gasteiger partial charge on any atom is 0.195 e. The Morgan fingerprint density at radius 1 is 0.865 bits per heavy atom. The number of nitrogens with zero attached hydrogens (tertiary/aromatic N) is 1. The third-order valence-corrected chi connectivity index (χ3v) is 9.07. The number of hydrogen-bond acceptors (Lipinski definition) is 5. The molecular weight excluding hydrogens is 502 g/mol. The zero-order chi connectivity index (χ0) is 25.3. The minimum absolute atomic E-state index is 0.108. The fraction of sp³-hybridized carbons (Fsp3) is 0.129. The molecule has 180 valence electrons. The number of ketones is 3. The number of thiophene rings is 1. The summed E-state index contributed by atoms with van der Waals surface area (Å²) in [6.07, 6.45) is 3.90. The summed E-state index contributed by atoms with van der Waals surface area (Å²) in [7, 11) is 0. The second kappa shape index (κ2) is 8.10. The van der Waals surface area contributed by atoms with Gasteiger partial charge in [-0.05, 0) is 40.8 Å². The van der Waals surface area contributed by atoms with Crippen molar-refractivity contribution in [3.63, 3.8) is 0 Å². The molecule has 4 nitrogen and oxygen atoms in total. The highest BCUT2D eigenvalue weighted by Gasteiger charge is 2.71. The Labute approximate surface area is 222 Å². The molecule has 2 aliphatic heterocycles. The molecule has 7 rings (SSSR count). The average Bonchev–Trinajstić information content (AvgIpc) is 3.62. The summed E-state index contributed by atoms with van der Waals surface area (Å²) in [6.45, 7) is 0. The van der Waals surface area contributed by atoms with Gasteiger partial charge in [0, 0.05) is 27.8 Å². The zero-order valence-corrected chi connectivity index (χ0v) is 21.1.